The lowest BCUT2D eigenvalue weighted by molar-refractivity contribution is 0.139. The summed E-state index contributed by atoms with van der Waals surface area (Å²) in [4.78, 5) is 2.60. The van der Waals surface area contributed by atoms with Crippen LogP contribution in [0.1, 0.15) is 43.2 Å². The molecule has 1 aromatic rings. The van der Waals surface area contributed by atoms with Crippen LogP contribution < -0.4 is 10.2 Å². The summed E-state index contributed by atoms with van der Waals surface area (Å²) in [6.45, 7) is 4.81. The number of benzene rings is 1. The number of hydrogen-bond donors (Lipinski definition) is 1. The van der Waals surface area contributed by atoms with Gasteiger partial charge in [0.15, 0.2) is 0 Å². The monoisotopic (exact) mass is 256 g/mol. The molecule has 3 aliphatic rings. The topological polar surface area (TPSA) is 15.3 Å². The number of rotatable bonds is 1. The number of fused-ring (bicyclic) bond motifs is 1. The molecule has 2 nitrogen and oxygen atoms in total. The van der Waals surface area contributed by atoms with Gasteiger partial charge in [0.25, 0.3) is 0 Å². The average Bonchev–Trinajstić information content (AvgIpc) is 2.45. The van der Waals surface area contributed by atoms with Crippen LogP contribution in [-0.2, 0) is 13.0 Å². The largest absolute Gasteiger partial charge is 0.370 e. The Morgan fingerprint density at radius 1 is 1.00 bits per heavy atom. The second-order valence-corrected chi connectivity index (χ2v) is 6.80. The van der Waals surface area contributed by atoms with Crippen LogP contribution in [0.25, 0.3) is 0 Å². The van der Waals surface area contributed by atoms with Gasteiger partial charge in [0, 0.05) is 30.7 Å². The van der Waals surface area contributed by atoms with E-state index >= 15 is 0 Å². The maximum Gasteiger partial charge on any atom is 0.0370 e. The molecule has 1 saturated carbocycles. The van der Waals surface area contributed by atoms with Crippen LogP contribution in [0.4, 0.5) is 5.69 Å². The van der Waals surface area contributed by atoms with Crippen molar-refractivity contribution in [3.63, 3.8) is 0 Å². The molecular weight excluding hydrogens is 232 g/mol. The maximum absolute atomic E-state index is 3.48. The van der Waals surface area contributed by atoms with Gasteiger partial charge in [0.2, 0.25) is 0 Å². The molecule has 102 valence electrons. The molecule has 0 unspecified atom stereocenters. The normalized spacial score (nSPS) is 24.9. The van der Waals surface area contributed by atoms with E-state index in [0.29, 0.717) is 5.41 Å². The van der Waals surface area contributed by atoms with E-state index in [-0.39, 0.29) is 0 Å². The van der Waals surface area contributed by atoms with Crippen molar-refractivity contribution >= 4 is 5.69 Å². The van der Waals surface area contributed by atoms with Gasteiger partial charge in [-0.2, -0.15) is 0 Å². The van der Waals surface area contributed by atoms with Crippen LogP contribution in [0.5, 0.6) is 0 Å². The highest BCUT2D eigenvalue weighted by atomic mass is 15.2. The van der Waals surface area contributed by atoms with Gasteiger partial charge in [0.05, 0.1) is 0 Å². The van der Waals surface area contributed by atoms with E-state index in [9.17, 15) is 0 Å². The molecule has 1 aliphatic carbocycles. The van der Waals surface area contributed by atoms with Crippen LogP contribution in [0.15, 0.2) is 18.2 Å². The van der Waals surface area contributed by atoms with Crippen LogP contribution in [0.3, 0.4) is 0 Å². The van der Waals surface area contributed by atoms with Gasteiger partial charge in [-0.05, 0) is 49.1 Å². The summed E-state index contributed by atoms with van der Waals surface area (Å²) in [7, 11) is 0. The first-order valence-electron chi connectivity index (χ1n) is 7.92. The summed E-state index contributed by atoms with van der Waals surface area (Å²) in [5.74, 6) is 0. The van der Waals surface area contributed by atoms with Gasteiger partial charge in [-0.15, -0.1) is 0 Å². The summed E-state index contributed by atoms with van der Waals surface area (Å²) in [6, 6.07) is 7.13. The van der Waals surface area contributed by atoms with Crippen molar-refractivity contribution in [2.24, 2.45) is 5.41 Å². The van der Waals surface area contributed by atoms with Gasteiger partial charge in [0.1, 0.15) is 0 Å². The van der Waals surface area contributed by atoms with Crippen molar-refractivity contribution in [2.75, 3.05) is 24.5 Å². The highest BCUT2D eigenvalue weighted by molar-refractivity contribution is 5.54. The second kappa shape index (κ2) is 4.52. The number of hydrogen-bond acceptors (Lipinski definition) is 2. The lowest BCUT2D eigenvalue weighted by Gasteiger charge is -2.53. The van der Waals surface area contributed by atoms with Crippen molar-refractivity contribution < 1.29 is 0 Å². The van der Waals surface area contributed by atoms with Gasteiger partial charge >= 0.3 is 0 Å². The van der Waals surface area contributed by atoms with Crippen molar-refractivity contribution in [2.45, 2.75) is 45.1 Å². The number of nitrogens with one attached hydrogen (secondary N) is 1. The number of nitrogens with zero attached hydrogens (tertiary/aromatic N) is 1. The average molecular weight is 256 g/mol. The zero-order valence-electron chi connectivity index (χ0n) is 11.8. The molecule has 2 heteroatoms. The molecule has 1 N–H and O–H groups in total. The molecular formula is C17H24N2. The van der Waals surface area contributed by atoms with Crippen molar-refractivity contribution in [3.8, 4) is 0 Å². The third kappa shape index (κ3) is 2.06. The van der Waals surface area contributed by atoms with Crippen molar-refractivity contribution in [1.29, 1.82) is 0 Å². The van der Waals surface area contributed by atoms with E-state index in [2.05, 4.69) is 28.4 Å². The van der Waals surface area contributed by atoms with E-state index in [4.69, 9.17) is 0 Å². The minimum Gasteiger partial charge on any atom is -0.370 e. The van der Waals surface area contributed by atoms with Crippen LogP contribution in [-0.4, -0.2) is 19.6 Å². The minimum absolute atomic E-state index is 0.687. The number of anilines is 1. The molecule has 0 atom stereocenters. The summed E-state index contributed by atoms with van der Waals surface area (Å²) in [6.07, 6.45) is 8.52. The summed E-state index contributed by atoms with van der Waals surface area (Å²) in [5, 5.41) is 3.48. The molecule has 19 heavy (non-hydrogen) atoms. The van der Waals surface area contributed by atoms with E-state index in [1.165, 1.54) is 62.9 Å². The Morgan fingerprint density at radius 2 is 1.84 bits per heavy atom. The first-order chi connectivity index (χ1) is 9.35. The Hall–Kier alpha value is -1.02. The summed E-state index contributed by atoms with van der Waals surface area (Å²) < 4.78 is 0. The fourth-order valence-corrected chi connectivity index (χ4v) is 4.23. The summed E-state index contributed by atoms with van der Waals surface area (Å²) >= 11 is 0. The van der Waals surface area contributed by atoms with E-state index in [0.717, 1.165) is 13.1 Å². The van der Waals surface area contributed by atoms with Gasteiger partial charge in [-0.1, -0.05) is 25.3 Å². The van der Waals surface area contributed by atoms with Gasteiger partial charge in [-0.25, -0.2) is 0 Å². The molecule has 0 aromatic heterocycles. The molecule has 2 fully saturated rings. The molecule has 4 rings (SSSR count). The molecule has 2 aliphatic heterocycles. The maximum atomic E-state index is 3.48. The SMILES string of the molecule is c1cc2c(cc1N1CC3(CCCCC3)C1)CNCC2. The van der Waals surface area contributed by atoms with Crippen LogP contribution in [0, 0.1) is 5.41 Å². The molecule has 1 aromatic carbocycles. The van der Waals surface area contributed by atoms with Crippen LogP contribution in [0.2, 0.25) is 0 Å². The Labute approximate surface area is 116 Å². The zero-order valence-corrected chi connectivity index (χ0v) is 11.8. The smallest absolute Gasteiger partial charge is 0.0370 e. The zero-order chi connectivity index (χ0) is 12.7. The third-order valence-corrected chi connectivity index (χ3v) is 5.41. The molecule has 2 heterocycles. The Balaban J connectivity index is 1.49. The van der Waals surface area contributed by atoms with Gasteiger partial charge < -0.3 is 10.2 Å². The fraction of sp³-hybridized carbons (Fsp3) is 0.647. The summed E-state index contributed by atoms with van der Waals surface area (Å²) in [5.41, 5.74) is 5.22. The molecule has 1 spiro atoms. The molecule has 0 radical (unpaired) electrons. The lowest BCUT2D eigenvalue weighted by atomic mass is 9.68. The Bertz CT molecular complexity index is 466. The molecule has 0 amide bonds. The Morgan fingerprint density at radius 3 is 2.68 bits per heavy atom. The van der Waals surface area contributed by atoms with E-state index in [1.54, 1.807) is 5.56 Å². The minimum atomic E-state index is 0.687. The van der Waals surface area contributed by atoms with E-state index in [1.807, 2.05) is 0 Å². The van der Waals surface area contributed by atoms with Crippen molar-refractivity contribution in [1.82, 2.24) is 5.32 Å². The van der Waals surface area contributed by atoms with Crippen molar-refractivity contribution in [3.05, 3.63) is 29.3 Å². The Kier molecular flexibility index (Phi) is 2.80. The standard InChI is InChI=1S/C17H24N2/c1-2-7-17(8-3-1)12-19(13-17)16-5-4-14-6-9-18-11-15(14)10-16/h4-5,10,18H,1-3,6-9,11-13H2. The predicted molar refractivity (Wildman–Crippen MR) is 79.6 cm³/mol. The molecule has 0 bridgehead atoms. The lowest BCUT2D eigenvalue weighted by Crippen LogP contribution is -2.57. The van der Waals surface area contributed by atoms with Gasteiger partial charge in [-0.3, -0.25) is 0 Å². The molecule has 1 saturated heterocycles. The third-order valence-electron chi connectivity index (χ3n) is 5.41. The highest BCUT2D eigenvalue weighted by Gasteiger charge is 2.43. The fourth-order valence-electron chi connectivity index (χ4n) is 4.23. The quantitative estimate of drug-likeness (QED) is 0.830. The predicted octanol–water partition coefficient (Wildman–Crippen LogP) is 3.10. The first kappa shape index (κ1) is 11.8. The first-order valence-corrected chi connectivity index (χ1v) is 7.92. The van der Waals surface area contributed by atoms with E-state index < -0.39 is 0 Å². The highest BCUT2D eigenvalue weighted by Crippen LogP contribution is 2.45. The second-order valence-electron chi connectivity index (χ2n) is 6.80. The van der Waals surface area contributed by atoms with Crippen LogP contribution >= 0.6 is 0 Å².